The Morgan fingerprint density at radius 1 is 1.25 bits per heavy atom. The van der Waals surface area contributed by atoms with Crippen LogP contribution in [0.5, 0.6) is 5.75 Å². The zero-order chi connectivity index (χ0) is 17.1. The van der Waals surface area contributed by atoms with E-state index in [1.54, 1.807) is 26.2 Å². The van der Waals surface area contributed by atoms with Gasteiger partial charge in [-0.25, -0.2) is 4.79 Å². The van der Waals surface area contributed by atoms with Gasteiger partial charge in [0.05, 0.1) is 24.4 Å². The second kappa shape index (κ2) is 6.76. The Morgan fingerprint density at radius 3 is 2.75 bits per heavy atom. The van der Waals surface area contributed by atoms with E-state index in [0.717, 1.165) is 4.88 Å². The Hall–Kier alpha value is -2.80. The molecule has 7 heteroatoms. The number of carbonyl (C=O) groups is 2. The Balaban J connectivity index is 1.93. The summed E-state index contributed by atoms with van der Waals surface area (Å²) in [4.78, 5) is 25.5. The first-order chi connectivity index (χ1) is 11.6. The zero-order valence-corrected chi connectivity index (χ0v) is 14.1. The summed E-state index contributed by atoms with van der Waals surface area (Å²) in [5, 5.41) is 10.2. The molecule has 0 aliphatic carbocycles. The van der Waals surface area contributed by atoms with Crippen molar-refractivity contribution in [2.75, 3.05) is 12.4 Å². The van der Waals surface area contributed by atoms with Crippen LogP contribution in [0.4, 0.5) is 10.5 Å². The van der Waals surface area contributed by atoms with E-state index in [-0.39, 0.29) is 11.9 Å². The highest BCUT2D eigenvalue weighted by molar-refractivity contribution is 7.10. The molecular weight excluding hydrogens is 326 g/mol. The van der Waals surface area contributed by atoms with Crippen LogP contribution in [0, 0.1) is 0 Å². The molecule has 0 spiro atoms. The lowest BCUT2D eigenvalue weighted by molar-refractivity contribution is -0.113. The molecule has 0 saturated heterocycles. The summed E-state index contributed by atoms with van der Waals surface area (Å²) >= 11 is 1.49. The van der Waals surface area contributed by atoms with Crippen LogP contribution in [0.25, 0.3) is 0 Å². The van der Waals surface area contributed by atoms with Gasteiger partial charge in [-0.3, -0.25) is 4.79 Å². The molecule has 0 radical (unpaired) electrons. The van der Waals surface area contributed by atoms with Gasteiger partial charge in [0.15, 0.2) is 0 Å². The Kier molecular flexibility index (Phi) is 4.52. The van der Waals surface area contributed by atoms with E-state index >= 15 is 0 Å². The van der Waals surface area contributed by atoms with Crippen LogP contribution in [0.15, 0.2) is 53.0 Å². The van der Waals surface area contributed by atoms with Crippen LogP contribution in [0.1, 0.15) is 17.8 Å². The predicted octanol–water partition coefficient (Wildman–Crippen LogP) is 3.02. The second-order valence-electron chi connectivity index (χ2n) is 5.24. The number of thiophene rings is 1. The molecule has 0 fully saturated rings. The van der Waals surface area contributed by atoms with E-state index < -0.39 is 6.04 Å². The number of para-hydroxylation sites is 2. The molecule has 3 rings (SSSR count). The van der Waals surface area contributed by atoms with Gasteiger partial charge in [0.25, 0.3) is 5.91 Å². The van der Waals surface area contributed by atoms with Gasteiger partial charge >= 0.3 is 6.03 Å². The molecule has 6 nitrogen and oxygen atoms in total. The fourth-order valence-corrected chi connectivity index (χ4v) is 3.39. The Bertz CT molecular complexity index is 799. The number of urea groups is 1. The molecule has 0 unspecified atom stereocenters. The predicted molar refractivity (Wildman–Crippen MR) is 93.1 cm³/mol. The molecule has 3 N–H and O–H groups in total. The van der Waals surface area contributed by atoms with Crippen molar-refractivity contribution in [2.24, 2.45) is 0 Å². The Labute approximate surface area is 143 Å². The maximum absolute atomic E-state index is 12.8. The van der Waals surface area contributed by atoms with E-state index in [9.17, 15) is 9.59 Å². The number of ether oxygens (including phenoxy) is 1. The fraction of sp³-hybridized carbons (Fsp3) is 0.176. The minimum atomic E-state index is -0.478. The topological polar surface area (TPSA) is 79.5 Å². The first-order valence-electron chi connectivity index (χ1n) is 7.36. The number of rotatable bonds is 4. The largest absolute Gasteiger partial charge is 0.495 e. The van der Waals surface area contributed by atoms with Gasteiger partial charge in [0.2, 0.25) is 0 Å². The van der Waals surface area contributed by atoms with Gasteiger partial charge in [-0.1, -0.05) is 18.2 Å². The minimum absolute atomic E-state index is 0.289. The normalized spacial score (nSPS) is 17.1. The van der Waals surface area contributed by atoms with Crippen LogP contribution in [0.2, 0.25) is 0 Å². The molecule has 0 saturated carbocycles. The van der Waals surface area contributed by atoms with Crippen molar-refractivity contribution in [2.45, 2.75) is 13.0 Å². The van der Waals surface area contributed by atoms with Gasteiger partial charge in [0.1, 0.15) is 5.75 Å². The highest BCUT2D eigenvalue weighted by atomic mass is 32.1. The van der Waals surface area contributed by atoms with Crippen LogP contribution < -0.4 is 20.7 Å². The quantitative estimate of drug-likeness (QED) is 0.798. The molecule has 24 heavy (non-hydrogen) atoms. The first-order valence-corrected chi connectivity index (χ1v) is 8.24. The van der Waals surface area contributed by atoms with Crippen LogP contribution >= 0.6 is 11.3 Å². The number of methoxy groups -OCH3 is 1. The molecule has 1 aliphatic rings. The maximum atomic E-state index is 12.8. The number of carbonyl (C=O) groups excluding carboxylic acids is 2. The number of anilines is 1. The molecule has 0 bridgehead atoms. The lowest BCUT2D eigenvalue weighted by Crippen LogP contribution is -2.45. The number of nitrogens with one attached hydrogen (secondary N) is 3. The lowest BCUT2D eigenvalue weighted by atomic mass is 10.0. The van der Waals surface area contributed by atoms with Crippen molar-refractivity contribution in [3.05, 3.63) is 57.9 Å². The lowest BCUT2D eigenvalue weighted by Gasteiger charge is -2.27. The number of allylic oxidation sites excluding steroid dienone is 1. The molecule has 1 aliphatic heterocycles. The second-order valence-corrected chi connectivity index (χ2v) is 6.22. The summed E-state index contributed by atoms with van der Waals surface area (Å²) < 4.78 is 5.26. The third kappa shape index (κ3) is 3.11. The average molecular weight is 343 g/mol. The number of benzene rings is 1. The number of hydrogen-bond donors (Lipinski definition) is 3. The summed E-state index contributed by atoms with van der Waals surface area (Å²) in [6, 6.07) is 10.2. The minimum Gasteiger partial charge on any atom is -0.495 e. The van der Waals surface area contributed by atoms with Gasteiger partial charge in [-0.2, -0.15) is 0 Å². The van der Waals surface area contributed by atoms with Gasteiger partial charge in [0, 0.05) is 10.6 Å². The molecule has 3 amide bonds. The Morgan fingerprint density at radius 2 is 2.04 bits per heavy atom. The van der Waals surface area contributed by atoms with E-state index in [0.29, 0.717) is 22.7 Å². The smallest absolute Gasteiger partial charge is 0.319 e. The summed E-state index contributed by atoms with van der Waals surface area (Å²) in [5.74, 6) is 0.285. The molecule has 2 aromatic rings. The SMILES string of the molecule is COc1ccccc1NC(=O)C1=C(C)NC(=O)N[C@@H]1c1cccs1. The van der Waals surface area contributed by atoms with Crippen molar-refractivity contribution in [1.82, 2.24) is 10.6 Å². The average Bonchev–Trinajstić information content (AvgIpc) is 3.08. The highest BCUT2D eigenvalue weighted by Gasteiger charge is 2.32. The van der Waals surface area contributed by atoms with Crippen molar-refractivity contribution in [3.8, 4) is 5.75 Å². The third-order valence-corrected chi connectivity index (χ3v) is 4.63. The van der Waals surface area contributed by atoms with Crippen molar-refractivity contribution >= 4 is 29.0 Å². The summed E-state index contributed by atoms with van der Waals surface area (Å²) in [6.45, 7) is 1.72. The molecular formula is C17H17N3O3S. The van der Waals surface area contributed by atoms with E-state index in [1.165, 1.54) is 11.3 Å². The summed E-state index contributed by atoms with van der Waals surface area (Å²) in [6.07, 6.45) is 0. The first kappa shape index (κ1) is 16.1. The molecule has 2 heterocycles. The van der Waals surface area contributed by atoms with E-state index in [4.69, 9.17) is 4.74 Å². The van der Waals surface area contributed by atoms with Crippen molar-refractivity contribution < 1.29 is 14.3 Å². The van der Waals surface area contributed by atoms with Crippen LogP contribution in [0.3, 0.4) is 0 Å². The standard InChI is InChI=1S/C17H17N3O3S/c1-10-14(15(20-17(22)18-10)13-8-5-9-24-13)16(21)19-11-6-3-4-7-12(11)23-2/h3-9,15H,1-2H3,(H,19,21)(H2,18,20,22)/t15-/m1/s1. The highest BCUT2D eigenvalue weighted by Crippen LogP contribution is 2.31. The molecule has 1 aromatic carbocycles. The number of amides is 3. The van der Waals surface area contributed by atoms with Gasteiger partial charge < -0.3 is 20.7 Å². The van der Waals surface area contributed by atoms with Crippen molar-refractivity contribution in [1.29, 1.82) is 0 Å². The monoisotopic (exact) mass is 343 g/mol. The van der Waals surface area contributed by atoms with Crippen LogP contribution in [-0.4, -0.2) is 19.0 Å². The van der Waals surface area contributed by atoms with E-state index in [1.807, 2.05) is 29.6 Å². The van der Waals surface area contributed by atoms with Crippen LogP contribution in [-0.2, 0) is 4.79 Å². The van der Waals surface area contributed by atoms with Crippen molar-refractivity contribution in [3.63, 3.8) is 0 Å². The zero-order valence-electron chi connectivity index (χ0n) is 13.3. The summed E-state index contributed by atoms with van der Waals surface area (Å²) in [5.41, 5.74) is 1.58. The molecule has 1 atom stereocenters. The van der Waals surface area contributed by atoms with E-state index in [2.05, 4.69) is 16.0 Å². The van der Waals surface area contributed by atoms with Gasteiger partial charge in [-0.05, 0) is 30.5 Å². The van der Waals surface area contributed by atoms with Gasteiger partial charge in [-0.15, -0.1) is 11.3 Å². The maximum Gasteiger partial charge on any atom is 0.319 e. The molecule has 1 aromatic heterocycles. The fourth-order valence-electron chi connectivity index (χ4n) is 2.60. The summed E-state index contributed by atoms with van der Waals surface area (Å²) in [7, 11) is 1.55. The third-order valence-electron chi connectivity index (χ3n) is 3.70. The number of hydrogen-bond acceptors (Lipinski definition) is 4. The molecule has 124 valence electrons.